The van der Waals surface area contributed by atoms with Gasteiger partial charge in [-0.25, -0.2) is 9.59 Å². The number of amides is 1. The molecule has 0 aliphatic carbocycles. The van der Waals surface area contributed by atoms with Crippen LogP contribution in [-0.4, -0.2) is 40.3 Å². The average molecular weight is 469 g/mol. The van der Waals surface area contributed by atoms with E-state index in [1.165, 1.54) is 4.90 Å². The molecule has 0 aromatic carbocycles. The summed E-state index contributed by atoms with van der Waals surface area (Å²) in [5.41, 5.74) is -0.637. The number of carbonyl (C=O) groups is 2. The summed E-state index contributed by atoms with van der Waals surface area (Å²) in [4.78, 5) is 26.2. The average Bonchev–Trinajstić information content (AvgIpc) is 2.92. The molecule has 2 unspecified atom stereocenters. The number of nitrogens with zero attached hydrogens (tertiary/aromatic N) is 1. The summed E-state index contributed by atoms with van der Waals surface area (Å²) < 4.78 is 7.35. The number of halogens is 2. The van der Waals surface area contributed by atoms with E-state index >= 15 is 0 Å². The standard InChI is InChI=1S/C15H19Br2NO4S/c1-15(2,3)22-14(21)18-7-8(5-11(18)13(19)20)4-9-6-10(16)12(17)23-9/h6,8,11H,4-5,7H2,1-3H3,(H,19,20). The molecule has 1 aliphatic rings. The van der Waals surface area contributed by atoms with Crippen molar-refractivity contribution in [2.75, 3.05) is 6.54 Å². The lowest BCUT2D eigenvalue weighted by atomic mass is 10.0. The fraction of sp³-hybridized carbons (Fsp3) is 0.600. The van der Waals surface area contributed by atoms with Gasteiger partial charge in [0.05, 0.1) is 3.79 Å². The van der Waals surface area contributed by atoms with Gasteiger partial charge in [-0.1, -0.05) is 0 Å². The van der Waals surface area contributed by atoms with Crippen molar-refractivity contribution in [3.63, 3.8) is 0 Å². The second kappa shape index (κ2) is 7.11. The van der Waals surface area contributed by atoms with Crippen LogP contribution in [0.3, 0.4) is 0 Å². The van der Waals surface area contributed by atoms with Crippen LogP contribution in [0, 0.1) is 5.92 Å². The van der Waals surface area contributed by atoms with Gasteiger partial charge in [0.25, 0.3) is 0 Å². The summed E-state index contributed by atoms with van der Waals surface area (Å²) >= 11 is 8.53. The molecule has 1 aliphatic heterocycles. The van der Waals surface area contributed by atoms with Crippen LogP contribution < -0.4 is 0 Å². The fourth-order valence-corrected chi connectivity index (χ4v) is 4.90. The van der Waals surface area contributed by atoms with Gasteiger partial charge in [0.1, 0.15) is 11.6 Å². The van der Waals surface area contributed by atoms with Gasteiger partial charge in [-0.15, -0.1) is 11.3 Å². The molecular weight excluding hydrogens is 450 g/mol. The van der Waals surface area contributed by atoms with Crippen LogP contribution >= 0.6 is 43.2 Å². The van der Waals surface area contributed by atoms with Crippen molar-refractivity contribution >= 4 is 55.3 Å². The van der Waals surface area contributed by atoms with E-state index in [1.54, 1.807) is 32.1 Å². The third kappa shape index (κ3) is 4.93. The summed E-state index contributed by atoms with van der Waals surface area (Å²) in [5, 5.41) is 9.40. The highest BCUT2D eigenvalue weighted by atomic mass is 79.9. The Bertz CT molecular complexity index is 592. The van der Waals surface area contributed by atoms with E-state index in [4.69, 9.17) is 4.74 Å². The Morgan fingerprint density at radius 2 is 2.09 bits per heavy atom. The number of carboxylic acids is 1. The van der Waals surface area contributed by atoms with Crippen molar-refractivity contribution in [3.8, 4) is 0 Å². The highest BCUT2D eigenvalue weighted by molar-refractivity contribution is 9.13. The summed E-state index contributed by atoms with van der Waals surface area (Å²) in [6.45, 7) is 5.72. The lowest BCUT2D eigenvalue weighted by molar-refractivity contribution is -0.142. The number of carboxylic acid groups (broad SMARTS) is 1. The molecule has 5 nitrogen and oxygen atoms in total. The smallest absolute Gasteiger partial charge is 0.411 e. The third-order valence-electron chi connectivity index (χ3n) is 3.49. The molecule has 0 bridgehead atoms. The molecule has 23 heavy (non-hydrogen) atoms. The molecule has 2 rings (SSSR count). The van der Waals surface area contributed by atoms with Crippen molar-refractivity contribution in [2.24, 2.45) is 5.92 Å². The van der Waals surface area contributed by atoms with Gasteiger partial charge in [0.2, 0.25) is 0 Å². The Kier molecular flexibility index (Phi) is 5.79. The number of rotatable bonds is 3. The molecule has 2 atom stereocenters. The van der Waals surface area contributed by atoms with Gasteiger partial charge in [-0.3, -0.25) is 4.90 Å². The zero-order chi connectivity index (χ0) is 17.4. The Morgan fingerprint density at radius 3 is 2.57 bits per heavy atom. The van der Waals surface area contributed by atoms with Gasteiger partial charge in [-0.2, -0.15) is 0 Å². The van der Waals surface area contributed by atoms with E-state index in [9.17, 15) is 14.7 Å². The van der Waals surface area contributed by atoms with Gasteiger partial charge in [0, 0.05) is 15.9 Å². The van der Waals surface area contributed by atoms with E-state index in [2.05, 4.69) is 31.9 Å². The molecule has 0 radical (unpaired) electrons. The predicted octanol–water partition coefficient (Wildman–Crippen LogP) is 4.53. The first-order chi connectivity index (χ1) is 10.6. The molecule has 1 aromatic heterocycles. The summed E-state index contributed by atoms with van der Waals surface area (Å²) in [7, 11) is 0. The van der Waals surface area contributed by atoms with Gasteiger partial charge in [-0.05, 0) is 77.5 Å². The van der Waals surface area contributed by atoms with Crippen LogP contribution in [0.1, 0.15) is 32.1 Å². The number of likely N-dealkylation sites (tertiary alicyclic amines) is 1. The number of ether oxygens (including phenoxy) is 1. The zero-order valence-corrected chi connectivity index (χ0v) is 17.1. The van der Waals surface area contributed by atoms with E-state index in [0.717, 1.165) is 19.6 Å². The molecule has 0 saturated carbocycles. The lowest BCUT2D eigenvalue weighted by Crippen LogP contribution is -2.43. The minimum Gasteiger partial charge on any atom is -0.480 e. The third-order valence-corrected chi connectivity index (χ3v) is 6.77. The maximum atomic E-state index is 12.3. The molecule has 1 saturated heterocycles. The molecule has 128 valence electrons. The first kappa shape index (κ1) is 18.7. The van der Waals surface area contributed by atoms with E-state index in [0.29, 0.717) is 13.0 Å². The van der Waals surface area contributed by atoms with Crippen LogP contribution in [0.2, 0.25) is 0 Å². The largest absolute Gasteiger partial charge is 0.480 e. The summed E-state index contributed by atoms with van der Waals surface area (Å²) in [5.74, 6) is -0.868. The maximum Gasteiger partial charge on any atom is 0.411 e. The SMILES string of the molecule is CC(C)(C)OC(=O)N1CC(Cc2cc(Br)c(Br)s2)CC1C(=O)O. The number of carbonyl (C=O) groups excluding carboxylic acids is 1. The molecule has 1 N–H and O–H groups in total. The zero-order valence-electron chi connectivity index (χ0n) is 13.1. The molecule has 8 heteroatoms. The number of hydrogen-bond donors (Lipinski definition) is 1. The molecule has 1 aromatic rings. The maximum absolute atomic E-state index is 12.3. The van der Waals surface area contributed by atoms with Gasteiger partial charge >= 0.3 is 12.1 Å². The summed E-state index contributed by atoms with van der Waals surface area (Å²) in [6, 6.07) is 1.21. The Morgan fingerprint density at radius 1 is 1.43 bits per heavy atom. The molecule has 1 amide bonds. The first-order valence-corrected chi connectivity index (χ1v) is 9.63. The normalized spacial score (nSPS) is 21.5. The fourth-order valence-electron chi connectivity index (χ4n) is 2.60. The predicted molar refractivity (Wildman–Crippen MR) is 95.9 cm³/mol. The minimum atomic E-state index is -0.980. The monoisotopic (exact) mass is 467 g/mol. The van der Waals surface area contributed by atoms with Crippen molar-refractivity contribution in [3.05, 3.63) is 19.2 Å². The number of aliphatic carboxylic acids is 1. The number of hydrogen-bond acceptors (Lipinski definition) is 4. The van der Waals surface area contributed by atoms with Crippen LogP contribution in [0.4, 0.5) is 4.79 Å². The number of thiophene rings is 1. The van der Waals surface area contributed by atoms with Gasteiger partial charge in [0.15, 0.2) is 0 Å². The highest BCUT2D eigenvalue weighted by Gasteiger charge is 2.41. The molecule has 2 heterocycles. The van der Waals surface area contributed by atoms with Crippen LogP contribution in [0.25, 0.3) is 0 Å². The quantitative estimate of drug-likeness (QED) is 0.707. The summed E-state index contributed by atoms with van der Waals surface area (Å²) in [6.07, 6.45) is 0.639. The van der Waals surface area contributed by atoms with Crippen LogP contribution in [-0.2, 0) is 16.0 Å². The lowest BCUT2D eigenvalue weighted by Gasteiger charge is -2.26. The minimum absolute atomic E-state index is 0.112. The van der Waals surface area contributed by atoms with Crippen LogP contribution in [0.5, 0.6) is 0 Å². The van der Waals surface area contributed by atoms with Gasteiger partial charge < -0.3 is 9.84 Å². The Labute approximate surface area is 156 Å². The van der Waals surface area contributed by atoms with Crippen LogP contribution in [0.15, 0.2) is 14.3 Å². The Balaban J connectivity index is 2.08. The van der Waals surface area contributed by atoms with E-state index < -0.39 is 23.7 Å². The van der Waals surface area contributed by atoms with E-state index in [-0.39, 0.29) is 5.92 Å². The molecule has 0 spiro atoms. The second-order valence-electron chi connectivity index (χ2n) is 6.63. The highest BCUT2D eigenvalue weighted by Crippen LogP contribution is 2.36. The molecular formula is C15H19Br2NO4S. The second-order valence-corrected chi connectivity index (χ2v) is 9.94. The topological polar surface area (TPSA) is 66.8 Å². The van der Waals surface area contributed by atoms with Crippen molar-refractivity contribution in [2.45, 2.75) is 45.3 Å². The molecule has 1 fully saturated rings. The van der Waals surface area contributed by atoms with E-state index in [1.807, 2.05) is 6.07 Å². The Hall–Kier alpha value is -0.600. The first-order valence-electron chi connectivity index (χ1n) is 7.23. The van der Waals surface area contributed by atoms with Crippen molar-refractivity contribution < 1.29 is 19.4 Å². The van der Waals surface area contributed by atoms with Crippen molar-refractivity contribution in [1.29, 1.82) is 0 Å². The van der Waals surface area contributed by atoms with Crippen molar-refractivity contribution in [1.82, 2.24) is 4.90 Å².